The number of rotatable bonds is 20. The first-order chi connectivity index (χ1) is 19.0. The van der Waals surface area contributed by atoms with Gasteiger partial charge in [-0.2, -0.15) is 4.98 Å². The van der Waals surface area contributed by atoms with Gasteiger partial charge in [0.2, 0.25) is 5.95 Å². The lowest BCUT2D eigenvalue weighted by molar-refractivity contribution is -0.0705. The summed E-state index contributed by atoms with van der Waals surface area (Å²) >= 11 is 0. The smallest absolute Gasteiger partial charge is 0.394 e. The number of nitrogens with two attached hydrogens (primary N) is 1. The summed E-state index contributed by atoms with van der Waals surface area (Å²) in [4.78, 5) is 32.3. The van der Waals surface area contributed by atoms with Crippen LogP contribution in [0, 0.1) is 0 Å². The van der Waals surface area contributed by atoms with Crippen LogP contribution in [0.25, 0.3) is 11.2 Å². The van der Waals surface area contributed by atoms with E-state index in [9.17, 15) is 19.4 Å². The Labute approximate surface area is 230 Å². The third kappa shape index (κ3) is 9.58. The van der Waals surface area contributed by atoms with Crippen molar-refractivity contribution in [2.75, 3.05) is 18.9 Å². The number of aliphatic hydroxyl groups excluding tert-OH is 1. The number of aromatic nitrogens is 4. The Bertz CT molecular complexity index is 1060. The molecule has 5 atom stereocenters. The molecule has 13 heteroatoms. The number of nitrogen functional groups attached to an aromatic ring is 1. The van der Waals surface area contributed by atoms with Crippen LogP contribution in [0.2, 0.25) is 0 Å². The van der Waals surface area contributed by atoms with E-state index in [1.54, 1.807) is 0 Å². The summed E-state index contributed by atoms with van der Waals surface area (Å²) in [6, 6.07) is 0. The van der Waals surface area contributed by atoms with E-state index in [2.05, 4.69) is 21.9 Å². The van der Waals surface area contributed by atoms with Gasteiger partial charge >= 0.3 is 8.25 Å². The summed E-state index contributed by atoms with van der Waals surface area (Å²) in [6.07, 6.45) is 15.1. The number of nitrogens with one attached hydrogen (secondary N) is 1. The fourth-order valence-corrected chi connectivity index (χ4v) is 5.60. The molecule has 39 heavy (non-hydrogen) atoms. The SMILES string of the molecule is CCCCCCCCCCCCCCCCOC1[C@@H](O[P+](=O)O)[C@@H](CO)O[C@H]1n1cnc2c(=O)[nH]c(N)nc21. The summed E-state index contributed by atoms with van der Waals surface area (Å²) in [7, 11) is -2.97. The molecule has 0 radical (unpaired) electrons. The second-order valence-corrected chi connectivity index (χ2v) is 10.9. The number of nitrogens with zero attached hydrogens (tertiary/aromatic N) is 3. The predicted molar refractivity (Wildman–Crippen MR) is 148 cm³/mol. The van der Waals surface area contributed by atoms with Crippen molar-refractivity contribution in [3.05, 3.63) is 16.7 Å². The van der Waals surface area contributed by atoms with E-state index in [0.717, 1.165) is 19.3 Å². The molecule has 1 aliphatic heterocycles. The van der Waals surface area contributed by atoms with Crippen LogP contribution in [0.4, 0.5) is 5.95 Å². The third-order valence-electron chi connectivity index (χ3n) is 7.21. The highest BCUT2D eigenvalue weighted by Crippen LogP contribution is 2.38. The molecule has 1 aliphatic rings. The lowest BCUT2D eigenvalue weighted by atomic mass is 10.0. The van der Waals surface area contributed by atoms with Gasteiger partial charge in [-0.15, -0.1) is 9.42 Å². The second kappa shape index (κ2) is 17.0. The van der Waals surface area contributed by atoms with Crippen molar-refractivity contribution in [1.29, 1.82) is 0 Å². The molecular weight excluding hydrogens is 525 g/mol. The molecule has 0 bridgehead atoms. The second-order valence-electron chi connectivity index (χ2n) is 10.3. The van der Waals surface area contributed by atoms with Gasteiger partial charge in [0, 0.05) is 11.2 Å². The van der Waals surface area contributed by atoms with Crippen LogP contribution in [-0.2, 0) is 18.6 Å². The van der Waals surface area contributed by atoms with Gasteiger partial charge in [-0.3, -0.25) is 14.3 Å². The summed E-state index contributed by atoms with van der Waals surface area (Å²) < 4.78 is 30.2. The average Bonchev–Trinajstić information content (AvgIpc) is 3.47. The van der Waals surface area contributed by atoms with Crippen LogP contribution in [0.5, 0.6) is 0 Å². The molecule has 0 aliphatic carbocycles. The predicted octanol–water partition coefficient (Wildman–Crippen LogP) is 4.49. The molecule has 2 aromatic rings. The molecule has 12 nitrogen and oxygen atoms in total. The Morgan fingerprint density at radius 1 is 1.03 bits per heavy atom. The maximum Gasteiger partial charge on any atom is 0.695 e. The third-order valence-corrected chi connectivity index (χ3v) is 7.63. The molecule has 0 amide bonds. The lowest BCUT2D eigenvalue weighted by Crippen LogP contribution is -2.37. The van der Waals surface area contributed by atoms with Crippen molar-refractivity contribution in [2.24, 2.45) is 0 Å². The molecule has 220 valence electrons. The Kier molecular flexibility index (Phi) is 13.8. The maximum atomic E-state index is 12.2. The van der Waals surface area contributed by atoms with Crippen molar-refractivity contribution < 1.29 is 28.6 Å². The average molecular weight is 571 g/mol. The number of hydrogen-bond donors (Lipinski definition) is 4. The van der Waals surface area contributed by atoms with E-state index in [-0.39, 0.29) is 17.1 Å². The highest BCUT2D eigenvalue weighted by atomic mass is 31.1. The van der Waals surface area contributed by atoms with Gasteiger partial charge in [-0.1, -0.05) is 90.4 Å². The zero-order chi connectivity index (χ0) is 28.0. The molecule has 0 saturated carbocycles. The highest BCUT2D eigenvalue weighted by Gasteiger charge is 2.51. The van der Waals surface area contributed by atoms with E-state index in [1.807, 2.05) is 0 Å². The summed E-state index contributed by atoms with van der Waals surface area (Å²) in [6.45, 7) is 2.18. The molecule has 3 rings (SSSR count). The van der Waals surface area contributed by atoms with Gasteiger partial charge in [0.1, 0.15) is 12.2 Å². The standard InChI is InChI=1S/C26H44N5O7P/c1-2-3-4-5-6-7-8-9-10-11-12-13-14-15-16-36-22-21(38-39(34)35)19(17-32)37-25(22)31-18-28-20-23(31)29-26(27)30-24(20)33/h18-19,21-22,25,32H,2-17H2,1H3,(H3-,27,29,30,33,34,35)/p+1/t19-,21+,22?,25-/m1/s1. The zero-order valence-corrected chi connectivity index (χ0v) is 23.9. The largest absolute Gasteiger partial charge is 0.695 e. The number of aliphatic hydroxyl groups is 1. The zero-order valence-electron chi connectivity index (χ0n) is 23.0. The van der Waals surface area contributed by atoms with Gasteiger partial charge in [-0.25, -0.2) is 4.98 Å². The van der Waals surface area contributed by atoms with Crippen LogP contribution in [0.15, 0.2) is 11.1 Å². The Morgan fingerprint density at radius 2 is 1.62 bits per heavy atom. The Hall–Kier alpha value is -1.95. The molecule has 0 spiro atoms. The summed E-state index contributed by atoms with van der Waals surface area (Å²) in [5.74, 6) is -0.0860. The summed E-state index contributed by atoms with van der Waals surface area (Å²) in [5, 5.41) is 9.84. The van der Waals surface area contributed by atoms with E-state index in [4.69, 9.17) is 19.7 Å². The number of aromatic amines is 1. The molecule has 1 fully saturated rings. The van der Waals surface area contributed by atoms with Crippen molar-refractivity contribution in [2.45, 2.75) is 121 Å². The number of unbranched alkanes of at least 4 members (excludes halogenated alkanes) is 13. The number of imidazole rings is 1. The molecule has 2 aromatic heterocycles. The maximum absolute atomic E-state index is 12.2. The topological polar surface area (TPSA) is 175 Å². The van der Waals surface area contributed by atoms with Gasteiger partial charge in [0.25, 0.3) is 5.56 Å². The van der Waals surface area contributed by atoms with E-state index < -0.39 is 45.0 Å². The van der Waals surface area contributed by atoms with Gasteiger partial charge < -0.3 is 20.3 Å². The van der Waals surface area contributed by atoms with E-state index in [0.29, 0.717) is 6.61 Å². The number of ether oxygens (including phenoxy) is 2. The summed E-state index contributed by atoms with van der Waals surface area (Å²) in [5.41, 5.74) is 5.46. The minimum Gasteiger partial charge on any atom is -0.394 e. The van der Waals surface area contributed by atoms with Crippen LogP contribution >= 0.6 is 8.25 Å². The number of anilines is 1. The fraction of sp³-hybridized carbons (Fsp3) is 0.808. The molecular formula is C26H45N5O7P+. The Morgan fingerprint density at radius 3 is 2.18 bits per heavy atom. The van der Waals surface area contributed by atoms with Gasteiger partial charge in [0.15, 0.2) is 23.5 Å². The number of hydrogen-bond acceptors (Lipinski definition) is 9. The van der Waals surface area contributed by atoms with Crippen LogP contribution < -0.4 is 11.3 Å². The van der Waals surface area contributed by atoms with E-state index >= 15 is 0 Å². The first-order valence-electron chi connectivity index (χ1n) is 14.4. The first kappa shape index (κ1) is 31.6. The van der Waals surface area contributed by atoms with Crippen LogP contribution in [0.1, 0.15) is 103 Å². The molecule has 1 saturated heterocycles. The normalized spacial score (nSPS) is 21.7. The van der Waals surface area contributed by atoms with Gasteiger partial charge in [0.05, 0.1) is 12.9 Å². The van der Waals surface area contributed by atoms with Crippen LogP contribution in [0.3, 0.4) is 0 Å². The monoisotopic (exact) mass is 570 g/mol. The van der Waals surface area contributed by atoms with Crippen molar-refractivity contribution in [1.82, 2.24) is 19.5 Å². The molecule has 2 unspecified atom stereocenters. The first-order valence-corrected chi connectivity index (χ1v) is 15.5. The molecule has 3 heterocycles. The van der Waals surface area contributed by atoms with Gasteiger partial charge in [-0.05, 0) is 6.42 Å². The number of fused-ring (bicyclic) bond motifs is 1. The lowest BCUT2D eigenvalue weighted by Gasteiger charge is -2.22. The van der Waals surface area contributed by atoms with Crippen molar-refractivity contribution in [3.8, 4) is 0 Å². The van der Waals surface area contributed by atoms with E-state index in [1.165, 1.54) is 81.5 Å². The number of H-pyrrole nitrogens is 1. The van der Waals surface area contributed by atoms with Crippen molar-refractivity contribution in [3.63, 3.8) is 0 Å². The van der Waals surface area contributed by atoms with Crippen LogP contribution in [-0.4, -0.2) is 61.0 Å². The molecule has 0 aromatic carbocycles. The minimum absolute atomic E-state index is 0.0664. The fourth-order valence-electron chi connectivity index (χ4n) is 5.13. The minimum atomic E-state index is -2.97. The highest BCUT2D eigenvalue weighted by molar-refractivity contribution is 7.32. The molecule has 5 N–H and O–H groups in total. The van der Waals surface area contributed by atoms with Crippen molar-refractivity contribution >= 4 is 25.4 Å². The quantitative estimate of drug-likeness (QED) is 0.131. The Balaban J connectivity index is 1.45.